The third-order valence-electron chi connectivity index (χ3n) is 3.54. The average Bonchev–Trinajstić information content (AvgIpc) is 2.29. The van der Waals surface area contributed by atoms with Crippen LogP contribution in [-0.2, 0) is 4.74 Å². The number of allylic oxidation sites excluding steroid dienone is 3. The standard InChI is InChI=1S/C14H22ClNO3/c1-7(2)13(19-14(16)18)12(17)10-5-8(3)9(4)6-11(10)15/h6-8,12-13,17H,5H2,1-4H3,(H2,16,18)/t8?,12-,13-/m0/s1. The Morgan fingerprint density at radius 2 is 2.16 bits per heavy atom. The number of carbonyl (C=O) groups excluding carboxylic acids is 1. The number of carbonyl (C=O) groups is 1. The van der Waals surface area contributed by atoms with Gasteiger partial charge < -0.3 is 15.6 Å². The molecule has 1 aliphatic carbocycles. The van der Waals surface area contributed by atoms with Crippen molar-refractivity contribution >= 4 is 17.7 Å². The van der Waals surface area contributed by atoms with Gasteiger partial charge in [0.1, 0.15) is 12.2 Å². The zero-order valence-electron chi connectivity index (χ0n) is 11.8. The van der Waals surface area contributed by atoms with Crippen molar-refractivity contribution in [3.63, 3.8) is 0 Å². The monoisotopic (exact) mass is 287 g/mol. The van der Waals surface area contributed by atoms with E-state index >= 15 is 0 Å². The Morgan fingerprint density at radius 1 is 1.58 bits per heavy atom. The Hall–Kier alpha value is -1.00. The number of halogens is 1. The molecule has 0 aromatic carbocycles. The van der Waals surface area contributed by atoms with E-state index in [0.29, 0.717) is 22.9 Å². The fourth-order valence-electron chi connectivity index (χ4n) is 2.18. The zero-order chi connectivity index (χ0) is 14.7. The van der Waals surface area contributed by atoms with Crippen LogP contribution in [0.1, 0.15) is 34.1 Å². The van der Waals surface area contributed by atoms with Crippen molar-refractivity contribution in [3.8, 4) is 0 Å². The van der Waals surface area contributed by atoms with Crippen molar-refractivity contribution < 1.29 is 14.6 Å². The van der Waals surface area contributed by atoms with Crippen LogP contribution in [0.3, 0.4) is 0 Å². The first-order valence-electron chi connectivity index (χ1n) is 6.45. The molecule has 0 bridgehead atoms. The minimum Gasteiger partial charge on any atom is -0.443 e. The van der Waals surface area contributed by atoms with Gasteiger partial charge in [-0.05, 0) is 36.8 Å². The van der Waals surface area contributed by atoms with Gasteiger partial charge in [-0.15, -0.1) is 0 Å². The Balaban J connectivity index is 2.99. The van der Waals surface area contributed by atoms with Gasteiger partial charge in [0.2, 0.25) is 0 Å². The lowest BCUT2D eigenvalue weighted by molar-refractivity contribution is -0.00325. The lowest BCUT2D eigenvalue weighted by Crippen LogP contribution is -2.39. The Labute approximate surface area is 119 Å². The number of primary amides is 1. The first kappa shape index (κ1) is 16.1. The highest BCUT2D eigenvalue weighted by Crippen LogP contribution is 2.34. The number of rotatable bonds is 4. The highest BCUT2D eigenvalue weighted by atomic mass is 35.5. The van der Waals surface area contributed by atoms with Crippen molar-refractivity contribution in [3.05, 3.63) is 22.3 Å². The van der Waals surface area contributed by atoms with Crippen LogP contribution in [0.5, 0.6) is 0 Å². The number of hydrogen-bond acceptors (Lipinski definition) is 3. The van der Waals surface area contributed by atoms with Crippen LogP contribution in [0.25, 0.3) is 0 Å². The van der Waals surface area contributed by atoms with Gasteiger partial charge in [0.15, 0.2) is 0 Å². The van der Waals surface area contributed by atoms with Crippen LogP contribution in [0, 0.1) is 11.8 Å². The molecule has 0 radical (unpaired) electrons. The van der Waals surface area contributed by atoms with Gasteiger partial charge in [-0.3, -0.25) is 0 Å². The quantitative estimate of drug-likeness (QED) is 0.835. The fraction of sp³-hybridized carbons (Fsp3) is 0.643. The van der Waals surface area contributed by atoms with E-state index in [9.17, 15) is 9.90 Å². The second-order valence-electron chi connectivity index (χ2n) is 5.46. The number of amides is 1. The molecule has 3 atom stereocenters. The largest absolute Gasteiger partial charge is 0.443 e. The van der Waals surface area contributed by atoms with Crippen LogP contribution in [-0.4, -0.2) is 23.4 Å². The number of nitrogens with two attached hydrogens (primary N) is 1. The number of aliphatic hydroxyl groups is 1. The maximum absolute atomic E-state index is 10.9. The molecule has 3 N–H and O–H groups in total. The second-order valence-corrected chi connectivity index (χ2v) is 5.86. The molecule has 0 aromatic heterocycles. The summed E-state index contributed by atoms with van der Waals surface area (Å²) in [5.41, 5.74) is 6.94. The van der Waals surface area contributed by atoms with Crippen LogP contribution < -0.4 is 5.73 Å². The maximum atomic E-state index is 10.9. The number of aliphatic hydroxyl groups excluding tert-OH is 1. The smallest absolute Gasteiger partial charge is 0.404 e. The molecule has 108 valence electrons. The topological polar surface area (TPSA) is 72.6 Å². The first-order valence-corrected chi connectivity index (χ1v) is 6.82. The Kier molecular flexibility index (Phi) is 5.44. The fourth-order valence-corrected chi connectivity index (χ4v) is 2.54. The molecule has 1 rings (SSSR count). The molecular weight excluding hydrogens is 266 g/mol. The summed E-state index contributed by atoms with van der Waals surface area (Å²) in [4.78, 5) is 10.9. The number of hydrogen-bond donors (Lipinski definition) is 2. The van der Waals surface area contributed by atoms with Gasteiger partial charge >= 0.3 is 6.09 Å². The summed E-state index contributed by atoms with van der Waals surface area (Å²) in [6.45, 7) is 7.80. The van der Waals surface area contributed by atoms with E-state index in [1.54, 1.807) is 0 Å². The molecule has 19 heavy (non-hydrogen) atoms. The first-order chi connectivity index (χ1) is 8.73. The van der Waals surface area contributed by atoms with Gasteiger partial charge in [-0.1, -0.05) is 37.9 Å². The van der Waals surface area contributed by atoms with Crippen molar-refractivity contribution in [2.24, 2.45) is 17.6 Å². The normalized spacial score (nSPS) is 23.1. The molecule has 0 saturated heterocycles. The van der Waals surface area contributed by atoms with Gasteiger partial charge in [-0.2, -0.15) is 0 Å². The van der Waals surface area contributed by atoms with E-state index in [0.717, 1.165) is 0 Å². The number of ether oxygens (including phenoxy) is 1. The van der Waals surface area contributed by atoms with Gasteiger partial charge in [-0.25, -0.2) is 4.79 Å². The van der Waals surface area contributed by atoms with Crippen LogP contribution >= 0.6 is 11.6 Å². The minimum atomic E-state index is -0.924. The molecule has 1 unspecified atom stereocenters. The molecule has 0 spiro atoms. The molecule has 0 fully saturated rings. The van der Waals surface area contributed by atoms with Crippen LogP contribution in [0.15, 0.2) is 22.3 Å². The minimum absolute atomic E-state index is 0.0539. The summed E-state index contributed by atoms with van der Waals surface area (Å²) in [7, 11) is 0. The highest BCUT2D eigenvalue weighted by molar-refractivity contribution is 6.31. The zero-order valence-corrected chi connectivity index (χ0v) is 12.6. The van der Waals surface area contributed by atoms with Crippen LogP contribution in [0.2, 0.25) is 0 Å². The molecule has 4 nitrogen and oxygen atoms in total. The van der Waals surface area contributed by atoms with Crippen molar-refractivity contribution in [1.82, 2.24) is 0 Å². The molecule has 0 saturated carbocycles. The molecule has 1 aliphatic rings. The third kappa shape index (κ3) is 3.98. The maximum Gasteiger partial charge on any atom is 0.404 e. The summed E-state index contributed by atoms with van der Waals surface area (Å²) in [5.74, 6) is 0.260. The predicted molar refractivity (Wildman–Crippen MR) is 75.7 cm³/mol. The molecule has 0 aliphatic heterocycles. The van der Waals surface area contributed by atoms with Crippen molar-refractivity contribution in [1.29, 1.82) is 0 Å². The van der Waals surface area contributed by atoms with E-state index in [4.69, 9.17) is 22.1 Å². The average molecular weight is 288 g/mol. The van der Waals surface area contributed by atoms with Crippen molar-refractivity contribution in [2.45, 2.75) is 46.3 Å². The molecular formula is C14H22ClNO3. The van der Waals surface area contributed by atoms with Gasteiger partial charge in [0.25, 0.3) is 0 Å². The van der Waals surface area contributed by atoms with E-state index in [-0.39, 0.29) is 5.92 Å². The summed E-state index contributed by atoms with van der Waals surface area (Å²) < 4.78 is 5.01. The SMILES string of the molecule is CC1=CC(Cl)=C([C@H](O)[C@@H](OC(N)=O)C(C)C)CC1C. The Bertz CT molecular complexity index is 415. The predicted octanol–water partition coefficient (Wildman–Crippen LogP) is 2.95. The van der Waals surface area contributed by atoms with Crippen molar-refractivity contribution in [2.75, 3.05) is 0 Å². The third-order valence-corrected chi connectivity index (χ3v) is 3.89. The summed E-state index contributed by atoms with van der Waals surface area (Å²) >= 11 is 6.19. The van der Waals surface area contributed by atoms with E-state index in [2.05, 4.69) is 6.92 Å². The molecule has 1 amide bonds. The van der Waals surface area contributed by atoms with Gasteiger partial charge in [0.05, 0.1) is 0 Å². The van der Waals surface area contributed by atoms with E-state index < -0.39 is 18.3 Å². The summed E-state index contributed by atoms with van der Waals surface area (Å²) in [5, 5.41) is 11.0. The Morgan fingerprint density at radius 3 is 2.63 bits per heavy atom. The summed E-state index contributed by atoms with van der Waals surface area (Å²) in [6.07, 6.45) is 0.0287. The lowest BCUT2D eigenvalue weighted by atomic mass is 9.84. The highest BCUT2D eigenvalue weighted by Gasteiger charge is 2.32. The lowest BCUT2D eigenvalue weighted by Gasteiger charge is -2.31. The second kappa shape index (κ2) is 6.44. The van der Waals surface area contributed by atoms with E-state index in [1.807, 2.05) is 26.8 Å². The molecule has 5 heteroatoms. The van der Waals surface area contributed by atoms with E-state index in [1.165, 1.54) is 5.57 Å². The molecule has 0 aromatic rings. The van der Waals surface area contributed by atoms with Crippen LogP contribution in [0.4, 0.5) is 4.79 Å². The summed E-state index contributed by atoms with van der Waals surface area (Å²) in [6, 6.07) is 0. The van der Waals surface area contributed by atoms with Gasteiger partial charge in [0, 0.05) is 5.03 Å². The molecule has 0 heterocycles.